The number of anilines is 1. The number of rotatable bonds is 8. The number of halogens is 1. The van der Waals surface area contributed by atoms with Crippen LogP contribution in [-0.4, -0.2) is 39.8 Å². The van der Waals surface area contributed by atoms with Crippen molar-refractivity contribution in [3.63, 3.8) is 0 Å². The maximum atomic E-state index is 14.1. The van der Waals surface area contributed by atoms with Crippen LogP contribution in [0.4, 0.5) is 10.1 Å². The second-order valence-electron chi connectivity index (χ2n) is 8.10. The number of benzene rings is 2. The van der Waals surface area contributed by atoms with Gasteiger partial charge in [-0.05, 0) is 42.2 Å². The van der Waals surface area contributed by atoms with E-state index in [1.165, 1.54) is 30.7 Å². The number of amides is 1. The van der Waals surface area contributed by atoms with Gasteiger partial charge in [-0.1, -0.05) is 45.0 Å². The summed E-state index contributed by atoms with van der Waals surface area (Å²) in [6.45, 7) is 8.18. The molecule has 8 heteroatoms. The molecule has 0 aliphatic rings. The molecule has 0 aliphatic heterocycles. The standard InChI is InChI=1S/C22H29FN2O4S/c1-16(25(30(5,27)28)20-9-7-6-8-19(20)23)21(26)24-14-15-29-18-12-10-17(11-13-18)22(2,3)4/h6-13,16H,14-15H2,1-5H3,(H,24,26). The average molecular weight is 437 g/mol. The number of hydrogen-bond acceptors (Lipinski definition) is 4. The van der Waals surface area contributed by atoms with E-state index < -0.39 is 27.8 Å². The molecular formula is C22H29FN2O4S. The van der Waals surface area contributed by atoms with Crippen LogP contribution in [0, 0.1) is 5.82 Å². The number of nitrogens with zero attached hydrogens (tertiary/aromatic N) is 1. The van der Waals surface area contributed by atoms with E-state index in [1.807, 2.05) is 24.3 Å². The van der Waals surface area contributed by atoms with Crippen molar-refractivity contribution < 1.29 is 22.3 Å². The van der Waals surface area contributed by atoms with Gasteiger partial charge in [0.15, 0.2) is 0 Å². The zero-order valence-electron chi connectivity index (χ0n) is 18.0. The molecule has 1 amide bonds. The molecule has 1 unspecified atom stereocenters. The Hall–Kier alpha value is -2.61. The highest BCUT2D eigenvalue weighted by Crippen LogP contribution is 2.25. The molecule has 0 fully saturated rings. The molecule has 0 saturated heterocycles. The van der Waals surface area contributed by atoms with E-state index in [0.29, 0.717) is 5.75 Å². The zero-order valence-corrected chi connectivity index (χ0v) is 18.8. The smallest absolute Gasteiger partial charge is 0.243 e. The molecule has 0 bridgehead atoms. The van der Waals surface area contributed by atoms with Gasteiger partial charge in [-0.3, -0.25) is 9.10 Å². The van der Waals surface area contributed by atoms with E-state index in [-0.39, 0.29) is 24.3 Å². The third-order valence-corrected chi connectivity index (χ3v) is 5.80. The van der Waals surface area contributed by atoms with Crippen molar-refractivity contribution in [2.24, 2.45) is 0 Å². The van der Waals surface area contributed by atoms with Gasteiger partial charge in [-0.2, -0.15) is 0 Å². The Labute approximate surface area is 178 Å². The summed E-state index contributed by atoms with van der Waals surface area (Å²) in [5, 5.41) is 2.64. The summed E-state index contributed by atoms with van der Waals surface area (Å²) >= 11 is 0. The molecule has 0 radical (unpaired) electrons. The molecule has 1 N–H and O–H groups in total. The number of carbonyl (C=O) groups is 1. The molecule has 0 aromatic heterocycles. The van der Waals surface area contributed by atoms with Gasteiger partial charge in [-0.15, -0.1) is 0 Å². The lowest BCUT2D eigenvalue weighted by Crippen LogP contribution is -2.48. The van der Waals surface area contributed by atoms with Crippen molar-refractivity contribution in [1.29, 1.82) is 0 Å². The highest BCUT2D eigenvalue weighted by atomic mass is 32.2. The van der Waals surface area contributed by atoms with Gasteiger partial charge in [0.2, 0.25) is 15.9 Å². The largest absolute Gasteiger partial charge is 0.492 e. The SMILES string of the molecule is CC(C(=O)NCCOc1ccc(C(C)(C)C)cc1)N(c1ccccc1F)S(C)(=O)=O. The van der Waals surface area contributed by atoms with Crippen molar-refractivity contribution in [2.45, 2.75) is 39.2 Å². The Morgan fingerprint density at radius 2 is 1.73 bits per heavy atom. The fourth-order valence-electron chi connectivity index (χ4n) is 2.95. The highest BCUT2D eigenvalue weighted by molar-refractivity contribution is 7.92. The number of carbonyl (C=O) groups excluding carboxylic acids is 1. The van der Waals surface area contributed by atoms with Gasteiger partial charge in [0, 0.05) is 0 Å². The fraction of sp³-hybridized carbons (Fsp3) is 0.409. The van der Waals surface area contributed by atoms with Crippen LogP contribution in [0.5, 0.6) is 5.75 Å². The van der Waals surface area contributed by atoms with Gasteiger partial charge in [-0.25, -0.2) is 12.8 Å². The monoisotopic (exact) mass is 436 g/mol. The topological polar surface area (TPSA) is 75.7 Å². The van der Waals surface area contributed by atoms with Crippen LogP contribution in [-0.2, 0) is 20.2 Å². The normalized spacial score (nSPS) is 12.9. The van der Waals surface area contributed by atoms with Crippen molar-refractivity contribution in [1.82, 2.24) is 5.32 Å². The first-order valence-electron chi connectivity index (χ1n) is 9.66. The van der Waals surface area contributed by atoms with Gasteiger partial charge >= 0.3 is 0 Å². The lowest BCUT2D eigenvalue weighted by molar-refractivity contribution is -0.121. The van der Waals surface area contributed by atoms with E-state index in [1.54, 1.807) is 0 Å². The summed E-state index contributed by atoms with van der Waals surface area (Å²) in [6, 6.07) is 12.0. The van der Waals surface area contributed by atoms with Crippen LogP contribution in [0.1, 0.15) is 33.3 Å². The summed E-state index contributed by atoms with van der Waals surface area (Å²) in [5.74, 6) is -0.589. The van der Waals surface area contributed by atoms with E-state index >= 15 is 0 Å². The average Bonchev–Trinajstić information content (AvgIpc) is 2.65. The van der Waals surface area contributed by atoms with Crippen molar-refractivity contribution in [3.05, 3.63) is 59.9 Å². The second kappa shape index (κ2) is 9.47. The molecule has 0 heterocycles. The third-order valence-electron chi connectivity index (χ3n) is 4.57. The number of sulfonamides is 1. The van der Waals surface area contributed by atoms with Gasteiger partial charge in [0.25, 0.3) is 0 Å². The molecule has 30 heavy (non-hydrogen) atoms. The first kappa shape index (κ1) is 23.7. The quantitative estimate of drug-likeness (QED) is 0.643. The van der Waals surface area contributed by atoms with E-state index in [0.717, 1.165) is 16.6 Å². The Balaban J connectivity index is 1.95. The van der Waals surface area contributed by atoms with Crippen LogP contribution in [0.15, 0.2) is 48.5 Å². The van der Waals surface area contributed by atoms with Crippen molar-refractivity contribution >= 4 is 21.6 Å². The predicted molar refractivity (Wildman–Crippen MR) is 117 cm³/mol. The molecule has 2 aromatic rings. The van der Waals surface area contributed by atoms with E-state index in [2.05, 4.69) is 26.1 Å². The highest BCUT2D eigenvalue weighted by Gasteiger charge is 2.30. The number of para-hydroxylation sites is 1. The Kier molecular flexibility index (Phi) is 7.47. The molecule has 2 rings (SSSR count). The van der Waals surface area contributed by atoms with Crippen molar-refractivity contribution in [3.8, 4) is 5.75 Å². The third kappa shape index (κ3) is 6.19. The van der Waals surface area contributed by atoms with Crippen LogP contribution in [0.25, 0.3) is 0 Å². The second-order valence-corrected chi connectivity index (χ2v) is 9.96. The van der Waals surface area contributed by atoms with Crippen LogP contribution < -0.4 is 14.4 Å². The molecule has 164 valence electrons. The van der Waals surface area contributed by atoms with Crippen LogP contribution in [0.3, 0.4) is 0 Å². The predicted octanol–water partition coefficient (Wildman–Crippen LogP) is 3.47. The van der Waals surface area contributed by atoms with Crippen LogP contribution in [0.2, 0.25) is 0 Å². The van der Waals surface area contributed by atoms with Gasteiger partial charge < -0.3 is 10.1 Å². The Bertz CT molecular complexity index is 969. The summed E-state index contributed by atoms with van der Waals surface area (Å²) in [6.07, 6.45) is 0.938. The lowest BCUT2D eigenvalue weighted by Gasteiger charge is -2.28. The Morgan fingerprint density at radius 3 is 2.27 bits per heavy atom. The molecule has 0 spiro atoms. The minimum Gasteiger partial charge on any atom is -0.492 e. The molecule has 0 aliphatic carbocycles. The summed E-state index contributed by atoms with van der Waals surface area (Å²) in [5.41, 5.74) is 1.07. The van der Waals surface area contributed by atoms with Crippen molar-refractivity contribution in [2.75, 3.05) is 23.7 Å². The molecule has 1 atom stereocenters. The fourth-order valence-corrected chi connectivity index (χ4v) is 4.13. The minimum absolute atomic E-state index is 0.0480. The molecular weight excluding hydrogens is 407 g/mol. The number of hydrogen-bond donors (Lipinski definition) is 1. The van der Waals surface area contributed by atoms with Gasteiger partial charge in [0.05, 0.1) is 18.5 Å². The lowest BCUT2D eigenvalue weighted by atomic mass is 9.87. The minimum atomic E-state index is -3.87. The zero-order chi connectivity index (χ0) is 22.5. The summed E-state index contributed by atoms with van der Waals surface area (Å²) < 4.78 is 44.9. The summed E-state index contributed by atoms with van der Waals surface area (Å²) in [7, 11) is -3.87. The van der Waals surface area contributed by atoms with E-state index in [9.17, 15) is 17.6 Å². The first-order chi connectivity index (χ1) is 13.9. The summed E-state index contributed by atoms with van der Waals surface area (Å²) in [4.78, 5) is 12.5. The number of nitrogens with one attached hydrogen (secondary N) is 1. The Morgan fingerprint density at radius 1 is 1.13 bits per heavy atom. The number of ether oxygens (including phenoxy) is 1. The molecule has 0 saturated carbocycles. The maximum Gasteiger partial charge on any atom is 0.243 e. The molecule has 2 aromatic carbocycles. The molecule has 6 nitrogen and oxygen atoms in total. The van der Waals surface area contributed by atoms with E-state index in [4.69, 9.17) is 4.74 Å². The first-order valence-corrected chi connectivity index (χ1v) is 11.5. The van der Waals surface area contributed by atoms with Crippen LogP contribution >= 0.6 is 0 Å². The maximum absolute atomic E-state index is 14.1. The van der Waals surface area contributed by atoms with Gasteiger partial charge in [0.1, 0.15) is 24.2 Å².